The van der Waals surface area contributed by atoms with Crippen molar-refractivity contribution in [3.63, 3.8) is 0 Å². The van der Waals surface area contributed by atoms with Crippen molar-refractivity contribution in [1.82, 2.24) is 4.72 Å². The third-order valence-corrected chi connectivity index (χ3v) is 6.38. The Hall–Kier alpha value is -3.22. The number of carbonyl (C=O) groups excluding carboxylic acids is 1. The van der Waals surface area contributed by atoms with Gasteiger partial charge in [0.05, 0.1) is 4.90 Å². The van der Waals surface area contributed by atoms with Crippen molar-refractivity contribution in [2.45, 2.75) is 11.3 Å². The largest absolute Gasteiger partial charge is 0.323 e. The molecule has 0 saturated carbocycles. The Kier molecular flexibility index (Phi) is 5.05. The summed E-state index contributed by atoms with van der Waals surface area (Å²) in [5.41, 5.74) is 6.46. The molecule has 29 heavy (non-hydrogen) atoms. The minimum atomic E-state index is -3.47. The van der Waals surface area contributed by atoms with Gasteiger partial charge >= 0.3 is 0 Å². The topological polar surface area (TPSA) is 75.3 Å². The number of rotatable bonds is 5. The van der Waals surface area contributed by atoms with E-state index in [9.17, 15) is 13.2 Å². The van der Waals surface area contributed by atoms with Crippen LogP contribution in [0.5, 0.6) is 0 Å². The van der Waals surface area contributed by atoms with E-state index in [1.807, 2.05) is 30.3 Å². The van der Waals surface area contributed by atoms with Gasteiger partial charge in [0.2, 0.25) is 15.9 Å². The summed E-state index contributed by atoms with van der Waals surface area (Å²) in [7, 11) is -2.10. The van der Waals surface area contributed by atoms with Gasteiger partial charge in [0.25, 0.3) is 0 Å². The number of amides is 1. The Bertz CT molecular complexity index is 1210. The maximum atomic E-state index is 12.3. The molecular formula is C23H20N2O3S. The number of hydrogen-bond acceptors (Lipinski definition) is 3. The molecule has 0 aromatic heterocycles. The highest BCUT2D eigenvalue weighted by Gasteiger charge is 2.18. The van der Waals surface area contributed by atoms with E-state index in [2.05, 4.69) is 22.2 Å². The highest BCUT2D eigenvalue weighted by atomic mass is 32.2. The fourth-order valence-electron chi connectivity index (χ4n) is 3.45. The summed E-state index contributed by atoms with van der Waals surface area (Å²) in [5, 5.41) is 2.88. The molecule has 3 aromatic carbocycles. The Morgan fingerprint density at radius 3 is 2.41 bits per heavy atom. The Balaban J connectivity index is 1.43. The molecule has 0 bridgehead atoms. The number of sulfonamides is 1. The Labute approximate surface area is 170 Å². The predicted octanol–water partition coefficient (Wildman–Crippen LogP) is 3.82. The van der Waals surface area contributed by atoms with E-state index in [0.29, 0.717) is 0 Å². The zero-order valence-corrected chi connectivity index (χ0v) is 16.7. The molecule has 0 saturated heterocycles. The highest BCUT2D eigenvalue weighted by Crippen LogP contribution is 2.37. The summed E-state index contributed by atoms with van der Waals surface area (Å²) in [5.74, 6) is -0.243. The molecule has 0 radical (unpaired) electrons. The van der Waals surface area contributed by atoms with Crippen LogP contribution in [0.4, 0.5) is 5.69 Å². The minimum Gasteiger partial charge on any atom is -0.323 e. The maximum Gasteiger partial charge on any atom is 0.248 e. The molecule has 146 valence electrons. The summed E-state index contributed by atoms with van der Waals surface area (Å²) >= 11 is 0. The zero-order chi connectivity index (χ0) is 20.4. The van der Waals surface area contributed by atoms with Crippen LogP contribution in [-0.4, -0.2) is 21.4 Å². The summed E-state index contributed by atoms with van der Waals surface area (Å²) in [6.07, 6.45) is 3.95. The van der Waals surface area contributed by atoms with Crippen molar-refractivity contribution in [1.29, 1.82) is 0 Å². The lowest BCUT2D eigenvalue weighted by Gasteiger charge is -2.06. The van der Waals surface area contributed by atoms with E-state index in [1.54, 1.807) is 18.2 Å². The smallest absolute Gasteiger partial charge is 0.248 e. The van der Waals surface area contributed by atoms with E-state index < -0.39 is 10.0 Å². The summed E-state index contributed by atoms with van der Waals surface area (Å²) in [4.78, 5) is 12.5. The zero-order valence-electron chi connectivity index (χ0n) is 15.8. The first-order valence-electron chi connectivity index (χ1n) is 9.20. The van der Waals surface area contributed by atoms with Crippen molar-refractivity contribution in [2.24, 2.45) is 0 Å². The average molecular weight is 404 g/mol. The van der Waals surface area contributed by atoms with E-state index >= 15 is 0 Å². The third kappa shape index (κ3) is 3.99. The molecule has 0 heterocycles. The van der Waals surface area contributed by atoms with Crippen LogP contribution in [0.15, 0.2) is 77.7 Å². The van der Waals surface area contributed by atoms with E-state index in [-0.39, 0.29) is 10.8 Å². The number of fused-ring (bicyclic) bond motifs is 3. The lowest BCUT2D eigenvalue weighted by atomic mass is 10.1. The van der Waals surface area contributed by atoms with Gasteiger partial charge in [-0.1, -0.05) is 42.5 Å². The summed E-state index contributed by atoms with van der Waals surface area (Å²) in [6.45, 7) is 0. The van der Waals surface area contributed by atoms with E-state index in [4.69, 9.17) is 0 Å². The van der Waals surface area contributed by atoms with E-state index in [1.165, 1.54) is 47.5 Å². The van der Waals surface area contributed by atoms with Gasteiger partial charge in [-0.15, -0.1) is 0 Å². The number of carbonyl (C=O) groups is 1. The van der Waals surface area contributed by atoms with Crippen molar-refractivity contribution < 1.29 is 13.2 Å². The second-order valence-corrected chi connectivity index (χ2v) is 8.69. The highest BCUT2D eigenvalue weighted by molar-refractivity contribution is 7.89. The normalized spacial score (nSPS) is 12.6. The molecule has 0 aliphatic heterocycles. The van der Waals surface area contributed by atoms with Crippen LogP contribution in [0, 0.1) is 0 Å². The van der Waals surface area contributed by atoms with Crippen molar-refractivity contribution in [3.05, 3.63) is 89.5 Å². The Morgan fingerprint density at radius 1 is 0.931 bits per heavy atom. The molecule has 0 atom stereocenters. The van der Waals surface area contributed by atoms with Gasteiger partial charge in [0.1, 0.15) is 0 Å². The molecule has 2 N–H and O–H groups in total. The van der Waals surface area contributed by atoms with Gasteiger partial charge in [-0.2, -0.15) is 0 Å². The molecule has 0 unspecified atom stereocenters. The van der Waals surface area contributed by atoms with Crippen molar-refractivity contribution >= 4 is 27.7 Å². The number of hydrogen-bond donors (Lipinski definition) is 2. The monoisotopic (exact) mass is 404 g/mol. The number of nitrogens with one attached hydrogen (secondary N) is 2. The third-order valence-electron chi connectivity index (χ3n) is 4.95. The first kappa shape index (κ1) is 19.1. The van der Waals surface area contributed by atoms with Gasteiger partial charge in [-0.25, -0.2) is 13.1 Å². The van der Waals surface area contributed by atoms with Crippen LogP contribution < -0.4 is 10.0 Å². The van der Waals surface area contributed by atoms with Gasteiger partial charge in [-0.3, -0.25) is 4.79 Å². The van der Waals surface area contributed by atoms with Crippen molar-refractivity contribution in [2.75, 3.05) is 12.4 Å². The van der Waals surface area contributed by atoms with E-state index in [0.717, 1.165) is 17.7 Å². The van der Waals surface area contributed by atoms with Crippen LogP contribution >= 0.6 is 0 Å². The van der Waals surface area contributed by atoms with Crippen LogP contribution in [-0.2, 0) is 21.2 Å². The van der Waals surface area contributed by atoms with Crippen molar-refractivity contribution in [3.8, 4) is 11.1 Å². The first-order valence-corrected chi connectivity index (χ1v) is 10.7. The first-order chi connectivity index (χ1) is 14.0. The SMILES string of the molecule is CNS(=O)(=O)c1ccc(/C=C/C(=O)Nc2ccc3c(c2)Cc2ccccc2-3)cc1. The summed E-state index contributed by atoms with van der Waals surface area (Å²) in [6, 6.07) is 20.6. The molecule has 6 heteroatoms. The summed E-state index contributed by atoms with van der Waals surface area (Å²) < 4.78 is 25.8. The molecule has 0 fully saturated rings. The Morgan fingerprint density at radius 2 is 1.66 bits per heavy atom. The molecule has 1 aliphatic rings. The lowest BCUT2D eigenvalue weighted by molar-refractivity contribution is -0.111. The molecule has 1 amide bonds. The predicted molar refractivity (Wildman–Crippen MR) is 115 cm³/mol. The maximum absolute atomic E-state index is 12.3. The lowest BCUT2D eigenvalue weighted by Crippen LogP contribution is -2.18. The van der Waals surface area contributed by atoms with Gasteiger partial charge in [0, 0.05) is 11.8 Å². The molecule has 3 aromatic rings. The molecule has 4 rings (SSSR count). The fourth-order valence-corrected chi connectivity index (χ4v) is 4.18. The standard InChI is InChI=1S/C23H20N2O3S/c1-24-29(27,28)20-10-6-16(7-11-20)8-13-23(26)25-19-9-12-22-18(15-19)14-17-4-2-3-5-21(17)22/h2-13,15,24H,14H2,1H3,(H,25,26)/b13-8+. The van der Waals surface area contributed by atoms with Gasteiger partial charge in [-0.05, 0) is 71.6 Å². The minimum absolute atomic E-state index is 0.181. The second-order valence-electron chi connectivity index (χ2n) is 6.81. The van der Waals surface area contributed by atoms with Crippen LogP contribution in [0.1, 0.15) is 16.7 Å². The van der Waals surface area contributed by atoms with Gasteiger partial charge in [0.15, 0.2) is 0 Å². The second kappa shape index (κ2) is 7.66. The quantitative estimate of drug-likeness (QED) is 0.497. The van der Waals surface area contributed by atoms with Crippen LogP contribution in [0.3, 0.4) is 0 Å². The molecule has 1 aliphatic carbocycles. The number of benzene rings is 3. The average Bonchev–Trinajstić information content (AvgIpc) is 3.10. The molecule has 5 nitrogen and oxygen atoms in total. The molecule has 0 spiro atoms. The van der Waals surface area contributed by atoms with Gasteiger partial charge < -0.3 is 5.32 Å². The number of anilines is 1. The van der Waals surface area contributed by atoms with Crippen LogP contribution in [0.25, 0.3) is 17.2 Å². The fraction of sp³-hybridized carbons (Fsp3) is 0.0870. The van der Waals surface area contributed by atoms with Crippen LogP contribution in [0.2, 0.25) is 0 Å². The molecular weight excluding hydrogens is 384 g/mol.